The lowest BCUT2D eigenvalue weighted by Gasteiger charge is -2.08. The van der Waals surface area contributed by atoms with Crippen LogP contribution in [0.3, 0.4) is 0 Å². The van der Waals surface area contributed by atoms with Crippen LogP contribution in [0.4, 0.5) is 8.78 Å². The van der Waals surface area contributed by atoms with E-state index in [1.807, 2.05) is 0 Å². The molecule has 5 heteroatoms. The maximum Gasteiger partial charge on any atom is 0.187 e. The van der Waals surface area contributed by atoms with E-state index in [4.69, 9.17) is 11.6 Å². The van der Waals surface area contributed by atoms with Gasteiger partial charge in [0.25, 0.3) is 0 Å². The van der Waals surface area contributed by atoms with Gasteiger partial charge in [0, 0.05) is 0 Å². The molecule has 14 heavy (non-hydrogen) atoms. The molecule has 0 aliphatic rings. The summed E-state index contributed by atoms with van der Waals surface area (Å²) in [6.45, 7) is 1.19. The van der Waals surface area contributed by atoms with Crippen molar-refractivity contribution in [2.75, 3.05) is 7.11 Å². The monoisotopic (exact) mass is 220 g/mol. The second-order valence-electron chi connectivity index (χ2n) is 2.62. The molecule has 0 saturated heterocycles. The Morgan fingerprint density at radius 2 is 2.07 bits per heavy atom. The van der Waals surface area contributed by atoms with E-state index in [-0.39, 0.29) is 11.3 Å². The van der Waals surface area contributed by atoms with Crippen LogP contribution in [0.1, 0.15) is 17.3 Å². The highest BCUT2D eigenvalue weighted by Crippen LogP contribution is 2.31. The molecular weight excluding hydrogens is 214 g/mol. The van der Waals surface area contributed by atoms with Gasteiger partial charge in [0.2, 0.25) is 0 Å². The summed E-state index contributed by atoms with van der Waals surface area (Å²) in [5.74, 6) is -2.85. The van der Waals surface area contributed by atoms with Crippen molar-refractivity contribution in [3.8, 4) is 5.75 Å². The van der Waals surface area contributed by atoms with Crippen LogP contribution in [-0.4, -0.2) is 12.9 Å². The molecular formula is C9H7ClF2O2. The van der Waals surface area contributed by atoms with Gasteiger partial charge in [0.1, 0.15) is 10.8 Å². The molecule has 0 saturated carbocycles. The molecule has 0 N–H and O–H groups in total. The minimum atomic E-state index is -1.06. The van der Waals surface area contributed by atoms with Gasteiger partial charge in [0.05, 0.1) is 12.7 Å². The molecule has 2 nitrogen and oxygen atoms in total. The predicted octanol–water partition coefficient (Wildman–Crippen LogP) is 2.83. The van der Waals surface area contributed by atoms with Crippen LogP contribution in [0.15, 0.2) is 6.07 Å². The fraction of sp³-hybridized carbons (Fsp3) is 0.222. The van der Waals surface area contributed by atoms with Crippen LogP contribution >= 0.6 is 11.6 Å². The standard InChI is InChI=1S/C9H7ClF2O2/c1-4(13)5-3-6(11)7(10)8(12)9(5)14-2/h3H,1-2H3. The number of ketones is 1. The molecule has 0 aliphatic carbocycles. The number of hydrogen-bond acceptors (Lipinski definition) is 2. The Labute approximate surface area is 84.4 Å². The molecule has 0 radical (unpaired) electrons. The van der Waals surface area contributed by atoms with Crippen LogP contribution in [0.5, 0.6) is 5.75 Å². The zero-order valence-electron chi connectivity index (χ0n) is 7.53. The Bertz CT molecular complexity index is 391. The van der Waals surface area contributed by atoms with Crippen molar-refractivity contribution in [3.63, 3.8) is 0 Å². The van der Waals surface area contributed by atoms with E-state index in [2.05, 4.69) is 4.74 Å². The first-order valence-electron chi connectivity index (χ1n) is 3.71. The van der Waals surface area contributed by atoms with Crippen molar-refractivity contribution in [1.29, 1.82) is 0 Å². The SMILES string of the molecule is COc1c(C(C)=O)cc(F)c(Cl)c1F. The predicted molar refractivity (Wildman–Crippen MR) is 47.9 cm³/mol. The molecule has 0 atom stereocenters. The van der Waals surface area contributed by atoms with Gasteiger partial charge in [-0.15, -0.1) is 0 Å². The van der Waals surface area contributed by atoms with Gasteiger partial charge in [-0.25, -0.2) is 8.78 Å². The van der Waals surface area contributed by atoms with Crippen molar-refractivity contribution >= 4 is 17.4 Å². The normalized spacial score (nSPS) is 10.1. The molecule has 1 aromatic carbocycles. The molecule has 0 aliphatic heterocycles. The summed E-state index contributed by atoms with van der Waals surface area (Å²) >= 11 is 5.30. The Morgan fingerprint density at radius 3 is 2.50 bits per heavy atom. The van der Waals surface area contributed by atoms with Gasteiger partial charge in [-0.2, -0.15) is 0 Å². The third-order valence-electron chi connectivity index (χ3n) is 1.70. The van der Waals surface area contributed by atoms with Gasteiger partial charge in [-0.3, -0.25) is 4.79 Å². The lowest BCUT2D eigenvalue weighted by atomic mass is 10.1. The zero-order chi connectivity index (χ0) is 10.9. The van der Waals surface area contributed by atoms with E-state index in [0.29, 0.717) is 0 Å². The molecule has 1 aromatic rings. The van der Waals surface area contributed by atoms with E-state index < -0.39 is 22.4 Å². The largest absolute Gasteiger partial charge is 0.493 e. The number of Topliss-reactive ketones (excluding diaryl/α,β-unsaturated/α-hetero) is 1. The maximum absolute atomic E-state index is 13.2. The molecule has 0 unspecified atom stereocenters. The van der Waals surface area contributed by atoms with Gasteiger partial charge in [0.15, 0.2) is 17.3 Å². The van der Waals surface area contributed by atoms with E-state index in [9.17, 15) is 13.6 Å². The van der Waals surface area contributed by atoms with Crippen LogP contribution in [0.2, 0.25) is 5.02 Å². The van der Waals surface area contributed by atoms with Gasteiger partial charge in [-0.1, -0.05) is 11.6 Å². The number of ether oxygens (including phenoxy) is 1. The molecule has 76 valence electrons. The lowest BCUT2D eigenvalue weighted by molar-refractivity contribution is 0.101. The van der Waals surface area contributed by atoms with E-state index in [1.54, 1.807) is 0 Å². The summed E-state index contributed by atoms with van der Waals surface area (Å²) in [6.07, 6.45) is 0. The van der Waals surface area contributed by atoms with Crippen LogP contribution in [0.25, 0.3) is 0 Å². The quantitative estimate of drug-likeness (QED) is 0.566. The number of methoxy groups -OCH3 is 1. The van der Waals surface area contributed by atoms with Crippen molar-refractivity contribution in [1.82, 2.24) is 0 Å². The lowest BCUT2D eigenvalue weighted by Crippen LogP contribution is -2.02. The third kappa shape index (κ3) is 1.70. The van der Waals surface area contributed by atoms with Gasteiger partial charge >= 0.3 is 0 Å². The topological polar surface area (TPSA) is 26.3 Å². The number of hydrogen-bond donors (Lipinski definition) is 0. The summed E-state index contributed by atoms with van der Waals surface area (Å²) in [6, 6.07) is 0.854. The minimum Gasteiger partial charge on any atom is -0.493 e. The van der Waals surface area contributed by atoms with Crippen molar-refractivity contribution in [2.24, 2.45) is 0 Å². The molecule has 0 amide bonds. The molecule has 0 fully saturated rings. The third-order valence-corrected chi connectivity index (χ3v) is 2.05. The molecule has 0 bridgehead atoms. The molecule has 1 rings (SSSR count). The van der Waals surface area contributed by atoms with Crippen molar-refractivity contribution in [2.45, 2.75) is 6.92 Å². The second-order valence-corrected chi connectivity index (χ2v) is 3.00. The summed E-state index contributed by atoms with van der Waals surface area (Å²) in [4.78, 5) is 11.0. The summed E-state index contributed by atoms with van der Waals surface area (Å²) in [7, 11) is 1.18. The Balaban J connectivity index is 3.51. The molecule has 0 heterocycles. The number of rotatable bonds is 2. The number of carbonyl (C=O) groups is 1. The zero-order valence-corrected chi connectivity index (χ0v) is 8.28. The smallest absolute Gasteiger partial charge is 0.187 e. The highest BCUT2D eigenvalue weighted by atomic mass is 35.5. The first-order chi connectivity index (χ1) is 6.49. The van der Waals surface area contributed by atoms with Crippen molar-refractivity contribution < 1.29 is 18.3 Å². The number of halogens is 3. The average Bonchev–Trinajstić information content (AvgIpc) is 2.13. The van der Waals surface area contributed by atoms with Gasteiger partial charge in [-0.05, 0) is 13.0 Å². The maximum atomic E-state index is 13.2. The highest BCUT2D eigenvalue weighted by molar-refractivity contribution is 6.31. The van der Waals surface area contributed by atoms with Crippen LogP contribution in [-0.2, 0) is 0 Å². The second kappa shape index (κ2) is 3.92. The molecule has 0 aromatic heterocycles. The Morgan fingerprint density at radius 1 is 1.50 bits per heavy atom. The van der Waals surface area contributed by atoms with E-state index >= 15 is 0 Å². The number of benzene rings is 1. The first kappa shape index (κ1) is 10.9. The Kier molecular flexibility index (Phi) is 3.06. The number of carbonyl (C=O) groups excluding carboxylic acids is 1. The van der Waals surface area contributed by atoms with Gasteiger partial charge < -0.3 is 4.74 Å². The fourth-order valence-corrected chi connectivity index (χ4v) is 1.18. The Hall–Kier alpha value is -1.16. The van der Waals surface area contributed by atoms with Crippen LogP contribution in [0, 0.1) is 11.6 Å². The van der Waals surface area contributed by atoms with Crippen LogP contribution < -0.4 is 4.74 Å². The average molecular weight is 221 g/mol. The molecule has 0 spiro atoms. The van der Waals surface area contributed by atoms with Crippen molar-refractivity contribution in [3.05, 3.63) is 28.3 Å². The summed E-state index contributed by atoms with van der Waals surface area (Å²) in [5.41, 5.74) is -0.160. The summed E-state index contributed by atoms with van der Waals surface area (Å²) < 4.78 is 30.8. The van der Waals surface area contributed by atoms with E-state index in [0.717, 1.165) is 6.07 Å². The first-order valence-corrected chi connectivity index (χ1v) is 4.09. The fourth-order valence-electron chi connectivity index (χ4n) is 1.04. The van der Waals surface area contributed by atoms with E-state index in [1.165, 1.54) is 14.0 Å². The summed E-state index contributed by atoms with van der Waals surface area (Å²) in [5, 5.41) is -0.674. The minimum absolute atomic E-state index is 0.160. The highest BCUT2D eigenvalue weighted by Gasteiger charge is 2.20.